The average Bonchev–Trinajstić information content (AvgIpc) is 2.01. The summed E-state index contributed by atoms with van der Waals surface area (Å²) in [6, 6.07) is 0. The molecule has 0 radical (unpaired) electrons. The van der Waals surface area contributed by atoms with Gasteiger partial charge in [-0.2, -0.15) is 8.78 Å². The van der Waals surface area contributed by atoms with Gasteiger partial charge in [0.1, 0.15) is 0 Å². The van der Waals surface area contributed by atoms with Crippen LogP contribution in [0, 0.1) is 0 Å². The highest BCUT2D eigenvalue weighted by molar-refractivity contribution is 5.60. The summed E-state index contributed by atoms with van der Waals surface area (Å²) in [4.78, 5) is 10.2. The molecular weight excluding hydrogens is 196 g/mol. The van der Waals surface area contributed by atoms with Crippen molar-refractivity contribution in [1.82, 2.24) is 0 Å². The molecule has 0 spiro atoms. The molecule has 0 saturated heterocycles. The fourth-order valence-corrected chi connectivity index (χ4v) is 0.320. The van der Waals surface area contributed by atoms with E-state index in [0.29, 0.717) is 6.26 Å². The van der Waals surface area contributed by atoms with E-state index in [2.05, 4.69) is 16.1 Å². The summed E-state index contributed by atoms with van der Waals surface area (Å²) in [5.41, 5.74) is 0. The molecule has 0 N–H and O–H groups in total. The topological polar surface area (TPSA) is 35.5 Å². The van der Waals surface area contributed by atoms with Crippen molar-refractivity contribution in [2.45, 2.75) is 12.3 Å². The maximum Gasteiger partial charge on any atom is 0.513 e. The molecule has 0 saturated carbocycles. The average molecular weight is 202 g/mol. The van der Waals surface area contributed by atoms with Crippen LogP contribution in [0.3, 0.4) is 0 Å². The molecule has 0 bridgehead atoms. The predicted molar refractivity (Wildman–Crippen MR) is 33.6 cm³/mol. The molecule has 7 heteroatoms. The summed E-state index contributed by atoms with van der Waals surface area (Å²) in [5, 5.41) is 0. The van der Waals surface area contributed by atoms with Gasteiger partial charge in [-0.15, -0.1) is 0 Å². The number of halogens is 4. The Morgan fingerprint density at radius 3 is 2.46 bits per heavy atom. The van der Waals surface area contributed by atoms with Gasteiger partial charge in [0, 0.05) is 0 Å². The first-order valence-electron chi connectivity index (χ1n) is 3.00. The van der Waals surface area contributed by atoms with Crippen LogP contribution in [0.5, 0.6) is 0 Å². The SMILES string of the molecule is C=COC(=O)OCC(F)(F)C(F)F. The molecule has 0 aliphatic carbocycles. The van der Waals surface area contributed by atoms with Gasteiger partial charge in [0.2, 0.25) is 0 Å². The number of hydrogen-bond donors (Lipinski definition) is 0. The van der Waals surface area contributed by atoms with Gasteiger partial charge in [-0.05, 0) is 0 Å². The van der Waals surface area contributed by atoms with E-state index in [0.717, 1.165) is 0 Å². The smallest absolute Gasteiger partial charge is 0.427 e. The normalized spacial score (nSPS) is 11.2. The third kappa shape index (κ3) is 4.34. The van der Waals surface area contributed by atoms with Gasteiger partial charge in [0.15, 0.2) is 6.61 Å². The molecule has 13 heavy (non-hydrogen) atoms. The van der Waals surface area contributed by atoms with Crippen LogP contribution in [0.2, 0.25) is 0 Å². The first-order valence-corrected chi connectivity index (χ1v) is 3.00. The molecule has 0 amide bonds. The first-order chi connectivity index (χ1) is 5.90. The molecule has 3 nitrogen and oxygen atoms in total. The summed E-state index contributed by atoms with van der Waals surface area (Å²) in [6.45, 7) is 1.20. The van der Waals surface area contributed by atoms with Crippen LogP contribution >= 0.6 is 0 Å². The number of alkyl halides is 4. The van der Waals surface area contributed by atoms with Crippen LogP contribution in [0.15, 0.2) is 12.8 Å². The number of carbonyl (C=O) groups is 1. The van der Waals surface area contributed by atoms with E-state index in [1.165, 1.54) is 0 Å². The number of rotatable bonds is 4. The second-order valence-corrected chi connectivity index (χ2v) is 1.88. The Kier molecular flexibility index (Phi) is 4.22. The zero-order valence-corrected chi connectivity index (χ0v) is 6.31. The largest absolute Gasteiger partial charge is 0.513 e. The maximum absolute atomic E-state index is 12.0. The van der Waals surface area contributed by atoms with Crippen LogP contribution in [0.1, 0.15) is 0 Å². The van der Waals surface area contributed by atoms with E-state index in [9.17, 15) is 22.4 Å². The number of hydrogen-bond acceptors (Lipinski definition) is 3. The van der Waals surface area contributed by atoms with E-state index >= 15 is 0 Å². The van der Waals surface area contributed by atoms with E-state index in [-0.39, 0.29) is 0 Å². The van der Waals surface area contributed by atoms with Gasteiger partial charge in [-0.3, -0.25) is 0 Å². The molecule has 0 aliphatic heterocycles. The van der Waals surface area contributed by atoms with E-state index in [1.807, 2.05) is 0 Å². The van der Waals surface area contributed by atoms with Crippen LogP contribution in [-0.2, 0) is 9.47 Å². The molecule has 0 aromatic rings. The van der Waals surface area contributed by atoms with Crippen LogP contribution in [0.4, 0.5) is 22.4 Å². The second-order valence-electron chi connectivity index (χ2n) is 1.88. The highest BCUT2D eigenvalue weighted by atomic mass is 19.3. The van der Waals surface area contributed by atoms with E-state index in [4.69, 9.17) is 0 Å². The molecular formula is C6H6F4O3. The van der Waals surface area contributed by atoms with Crippen molar-refractivity contribution in [1.29, 1.82) is 0 Å². The molecule has 0 unspecified atom stereocenters. The van der Waals surface area contributed by atoms with Gasteiger partial charge in [-0.25, -0.2) is 13.6 Å². The number of carbonyl (C=O) groups excluding carboxylic acids is 1. The zero-order valence-electron chi connectivity index (χ0n) is 6.31. The highest BCUT2D eigenvalue weighted by Crippen LogP contribution is 2.22. The zero-order chi connectivity index (χ0) is 10.5. The Bertz CT molecular complexity index is 192. The minimum absolute atomic E-state index is 0.628. The third-order valence-corrected chi connectivity index (χ3v) is 0.881. The van der Waals surface area contributed by atoms with E-state index < -0.39 is 25.1 Å². The van der Waals surface area contributed by atoms with Crippen molar-refractivity contribution in [2.75, 3.05) is 6.61 Å². The maximum atomic E-state index is 12.0. The standard InChI is InChI=1S/C6H6F4O3/c1-2-12-5(11)13-3-6(9,10)4(7)8/h2,4H,1,3H2. The lowest BCUT2D eigenvalue weighted by molar-refractivity contribution is -0.157. The van der Waals surface area contributed by atoms with Gasteiger partial charge < -0.3 is 9.47 Å². The minimum atomic E-state index is -4.36. The van der Waals surface area contributed by atoms with Gasteiger partial charge in [0.25, 0.3) is 0 Å². The van der Waals surface area contributed by atoms with Gasteiger partial charge in [0.05, 0.1) is 6.26 Å². The van der Waals surface area contributed by atoms with Crippen LogP contribution in [-0.4, -0.2) is 25.1 Å². The Morgan fingerprint density at radius 2 is 2.08 bits per heavy atom. The van der Waals surface area contributed by atoms with Crippen molar-refractivity contribution < 1.29 is 31.8 Å². The Labute approximate surface area is 70.9 Å². The summed E-state index contributed by atoms with van der Waals surface area (Å²) < 4.78 is 54.5. The highest BCUT2D eigenvalue weighted by Gasteiger charge is 2.42. The molecule has 0 aromatic carbocycles. The Morgan fingerprint density at radius 1 is 1.54 bits per heavy atom. The fraction of sp³-hybridized carbons (Fsp3) is 0.500. The summed E-state index contributed by atoms with van der Waals surface area (Å²) in [5.74, 6) is -4.36. The quantitative estimate of drug-likeness (QED) is 0.398. The minimum Gasteiger partial charge on any atom is -0.427 e. The van der Waals surface area contributed by atoms with Crippen molar-refractivity contribution >= 4 is 6.16 Å². The van der Waals surface area contributed by atoms with Crippen molar-refractivity contribution in [2.24, 2.45) is 0 Å². The summed E-state index contributed by atoms with van der Waals surface area (Å²) in [7, 11) is 0. The van der Waals surface area contributed by atoms with Gasteiger partial charge >= 0.3 is 18.5 Å². The number of ether oxygens (including phenoxy) is 2. The lowest BCUT2D eigenvalue weighted by atomic mass is 10.4. The second kappa shape index (κ2) is 4.68. The molecule has 0 aromatic heterocycles. The van der Waals surface area contributed by atoms with E-state index in [1.54, 1.807) is 0 Å². The molecule has 0 aliphatic rings. The third-order valence-electron chi connectivity index (χ3n) is 0.881. The summed E-state index contributed by atoms with van der Waals surface area (Å²) in [6.07, 6.45) is -4.76. The monoisotopic (exact) mass is 202 g/mol. The summed E-state index contributed by atoms with van der Waals surface area (Å²) >= 11 is 0. The van der Waals surface area contributed by atoms with Crippen molar-refractivity contribution in [3.8, 4) is 0 Å². The molecule has 0 fully saturated rings. The Balaban J connectivity index is 3.87. The van der Waals surface area contributed by atoms with Crippen LogP contribution in [0.25, 0.3) is 0 Å². The lowest BCUT2D eigenvalue weighted by Crippen LogP contribution is -2.33. The van der Waals surface area contributed by atoms with Crippen molar-refractivity contribution in [3.05, 3.63) is 12.8 Å². The molecule has 0 rings (SSSR count). The van der Waals surface area contributed by atoms with Crippen molar-refractivity contribution in [3.63, 3.8) is 0 Å². The van der Waals surface area contributed by atoms with Gasteiger partial charge in [-0.1, -0.05) is 6.58 Å². The Hall–Kier alpha value is -1.27. The first kappa shape index (κ1) is 11.7. The molecule has 0 atom stereocenters. The lowest BCUT2D eigenvalue weighted by Gasteiger charge is -2.13. The molecule has 0 heterocycles. The fourth-order valence-electron chi connectivity index (χ4n) is 0.320. The molecule has 76 valence electrons. The predicted octanol–water partition coefficient (Wildman–Crippen LogP) is 2.18. The van der Waals surface area contributed by atoms with Crippen LogP contribution < -0.4 is 0 Å².